The Balaban J connectivity index is 1.32. The summed E-state index contributed by atoms with van der Waals surface area (Å²) in [7, 11) is 0. The first-order valence-electron chi connectivity index (χ1n) is 9.91. The number of amides is 2. The van der Waals surface area contributed by atoms with Crippen LogP contribution in [0.4, 0.5) is 0 Å². The first-order chi connectivity index (χ1) is 13.3. The predicted molar refractivity (Wildman–Crippen MR) is 111 cm³/mol. The number of benzene rings is 1. The second-order valence-corrected chi connectivity index (χ2v) is 9.68. The van der Waals surface area contributed by atoms with E-state index in [2.05, 4.69) is 15.8 Å². The van der Waals surface area contributed by atoms with Gasteiger partial charge in [0.05, 0.1) is 17.0 Å². The van der Waals surface area contributed by atoms with E-state index >= 15 is 0 Å². The first kappa shape index (κ1) is 19.7. The fraction of sp³-hybridized carbons (Fsp3) is 0.571. The van der Waals surface area contributed by atoms with Gasteiger partial charge in [0.2, 0.25) is 5.91 Å². The van der Waals surface area contributed by atoms with Crippen molar-refractivity contribution in [2.75, 3.05) is 0 Å². The molecule has 0 saturated heterocycles. The van der Waals surface area contributed by atoms with Crippen LogP contribution in [0.3, 0.4) is 0 Å². The van der Waals surface area contributed by atoms with Gasteiger partial charge in [-0.25, -0.2) is 5.43 Å². The van der Waals surface area contributed by atoms with Crippen LogP contribution in [0.1, 0.15) is 62.2 Å². The minimum atomic E-state index is -0.428. The molecule has 0 spiro atoms. The van der Waals surface area contributed by atoms with Crippen LogP contribution in [0.15, 0.2) is 23.3 Å². The maximum absolute atomic E-state index is 12.6. The summed E-state index contributed by atoms with van der Waals surface area (Å²) in [6, 6.07) is 4.65. The third-order valence-electron chi connectivity index (χ3n) is 6.38. The van der Waals surface area contributed by atoms with E-state index in [-0.39, 0.29) is 22.9 Å². The zero-order chi connectivity index (χ0) is 19.9. The number of hydrogen-bond acceptors (Lipinski definition) is 3. The summed E-state index contributed by atoms with van der Waals surface area (Å²) in [6.07, 6.45) is 7.56. The Hall–Kier alpha value is -1.59. The van der Waals surface area contributed by atoms with Crippen molar-refractivity contribution < 1.29 is 9.59 Å². The van der Waals surface area contributed by atoms with Gasteiger partial charge >= 0.3 is 0 Å². The molecule has 1 aromatic carbocycles. The fourth-order valence-corrected chi connectivity index (χ4v) is 6.25. The van der Waals surface area contributed by atoms with Gasteiger partial charge in [-0.3, -0.25) is 9.59 Å². The highest BCUT2D eigenvalue weighted by molar-refractivity contribution is 6.36. The molecule has 0 radical (unpaired) electrons. The third-order valence-corrected chi connectivity index (χ3v) is 6.93. The van der Waals surface area contributed by atoms with E-state index in [0.29, 0.717) is 16.3 Å². The summed E-state index contributed by atoms with van der Waals surface area (Å²) in [5.74, 6) is 1.91. The van der Waals surface area contributed by atoms with Gasteiger partial charge in [0.25, 0.3) is 5.91 Å². The molecule has 4 aliphatic carbocycles. The third kappa shape index (κ3) is 4.20. The predicted octanol–water partition coefficient (Wildman–Crippen LogP) is 4.57. The summed E-state index contributed by atoms with van der Waals surface area (Å²) in [4.78, 5) is 24.8. The molecule has 0 atom stereocenters. The lowest BCUT2D eigenvalue weighted by molar-refractivity contribution is -0.125. The van der Waals surface area contributed by atoms with Gasteiger partial charge < -0.3 is 5.32 Å². The molecule has 2 amide bonds. The summed E-state index contributed by atoms with van der Waals surface area (Å²) in [6.45, 7) is 1.74. The van der Waals surface area contributed by atoms with Gasteiger partial charge in [0, 0.05) is 16.3 Å². The number of halogens is 2. The van der Waals surface area contributed by atoms with Crippen LogP contribution in [0.5, 0.6) is 0 Å². The van der Waals surface area contributed by atoms with E-state index in [1.165, 1.54) is 25.3 Å². The number of nitrogens with one attached hydrogen (secondary N) is 2. The number of rotatable bonds is 5. The lowest BCUT2D eigenvalue weighted by Crippen LogP contribution is -2.60. The standard InChI is InChI=1S/C21H25Cl2N3O2/c1-12(25-26-20(28)17-3-2-16(22)8-18(17)23)4-19(27)24-21-9-13-5-14(10-21)7-15(6-13)11-21/h2-3,8,13-15H,4-7,9-11H2,1H3,(H,24,27)(H,26,28)/b25-12-. The Morgan fingerprint density at radius 2 is 1.71 bits per heavy atom. The maximum Gasteiger partial charge on any atom is 0.272 e. The minimum Gasteiger partial charge on any atom is -0.350 e. The van der Waals surface area contributed by atoms with Gasteiger partial charge in [0.15, 0.2) is 0 Å². The molecule has 4 aliphatic rings. The highest BCUT2D eigenvalue weighted by Gasteiger charge is 2.51. The van der Waals surface area contributed by atoms with Crippen LogP contribution in [0, 0.1) is 17.8 Å². The molecule has 4 fully saturated rings. The average molecular weight is 422 g/mol. The molecule has 28 heavy (non-hydrogen) atoms. The van der Waals surface area contributed by atoms with Gasteiger partial charge in [-0.05, 0) is 81.4 Å². The SMILES string of the molecule is C/C(CC(=O)NC12CC3CC(CC(C3)C1)C2)=N/NC(=O)c1ccc(Cl)cc1Cl. The molecule has 5 nitrogen and oxygen atoms in total. The Morgan fingerprint density at radius 1 is 1.11 bits per heavy atom. The van der Waals surface area contributed by atoms with Crippen LogP contribution >= 0.6 is 23.2 Å². The fourth-order valence-electron chi connectivity index (χ4n) is 5.76. The van der Waals surface area contributed by atoms with Crippen LogP contribution < -0.4 is 10.7 Å². The molecule has 1 aromatic rings. The quantitative estimate of drug-likeness (QED) is 0.539. The van der Waals surface area contributed by atoms with E-state index in [1.807, 2.05) is 0 Å². The molecule has 0 aromatic heterocycles. The van der Waals surface area contributed by atoms with Crippen LogP contribution in [0.2, 0.25) is 10.0 Å². The van der Waals surface area contributed by atoms with Crippen LogP contribution in [-0.4, -0.2) is 23.1 Å². The molecule has 5 rings (SSSR count). The van der Waals surface area contributed by atoms with Gasteiger partial charge in [0.1, 0.15) is 0 Å². The minimum absolute atomic E-state index is 0.00774. The molecular formula is C21H25Cl2N3O2. The molecule has 2 N–H and O–H groups in total. The topological polar surface area (TPSA) is 70.6 Å². The maximum atomic E-state index is 12.6. The highest BCUT2D eigenvalue weighted by atomic mass is 35.5. The van der Waals surface area contributed by atoms with Crippen molar-refractivity contribution in [2.24, 2.45) is 22.9 Å². The lowest BCUT2D eigenvalue weighted by Gasteiger charge is -2.56. The molecule has 4 saturated carbocycles. The number of hydrazone groups is 1. The number of carbonyl (C=O) groups is 2. The number of hydrogen-bond donors (Lipinski definition) is 2. The summed E-state index contributed by atoms with van der Waals surface area (Å²) in [5, 5.41) is 8.11. The van der Waals surface area contributed by atoms with Crippen molar-refractivity contribution >= 4 is 40.7 Å². The van der Waals surface area contributed by atoms with Crippen molar-refractivity contribution in [1.29, 1.82) is 0 Å². The average Bonchev–Trinajstić information content (AvgIpc) is 2.57. The molecule has 0 aliphatic heterocycles. The van der Waals surface area contributed by atoms with Crippen molar-refractivity contribution in [3.8, 4) is 0 Å². The second kappa shape index (κ2) is 7.68. The number of carbonyl (C=O) groups excluding carboxylic acids is 2. The van der Waals surface area contributed by atoms with E-state index in [9.17, 15) is 9.59 Å². The molecular weight excluding hydrogens is 397 g/mol. The monoisotopic (exact) mass is 421 g/mol. The Kier molecular flexibility index (Phi) is 5.41. The first-order valence-corrected chi connectivity index (χ1v) is 10.7. The van der Waals surface area contributed by atoms with Gasteiger partial charge in [-0.15, -0.1) is 0 Å². The highest BCUT2D eigenvalue weighted by Crippen LogP contribution is 2.55. The largest absolute Gasteiger partial charge is 0.350 e. The summed E-state index contributed by atoms with van der Waals surface area (Å²) in [5.41, 5.74) is 3.31. The molecule has 0 heterocycles. The van der Waals surface area contributed by atoms with E-state index < -0.39 is 5.91 Å². The number of nitrogens with zero attached hydrogens (tertiary/aromatic N) is 1. The summed E-state index contributed by atoms with van der Waals surface area (Å²) < 4.78 is 0. The zero-order valence-electron chi connectivity index (χ0n) is 15.9. The Morgan fingerprint density at radius 3 is 2.29 bits per heavy atom. The molecule has 4 bridgehead atoms. The van der Waals surface area contributed by atoms with E-state index in [1.54, 1.807) is 19.1 Å². The molecule has 0 unspecified atom stereocenters. The van der Waals surface area contributed by atoms with E-state index in [4.69, 9.17) is 23.2 Å². The van der Waals surface area contributed by atoms with Crippen molar-refractivity contribution in [3.63, 3.8) is 0 Å². The molecule has 7 heteroatoms. The Labute approximate surface area is 175 Å². The Bertz CT molecular complexity index is 802. The zero-order valence-corrected chi connectivity index (χ0v) is 17.4. The lowest BCUT2D eigenvalue weighted by atomic mass is 9.53. The normalized spacial score (nSPS) is 31.0. The van der Waals surface area contributed by atoms with Crippen LogP contribution in [0.25, 0.3) is 0 Å². The van der Waals surface area contributed by atoms with Gasteiger partial charge in [-0.1, -0.05) is 23.2 Å². The van der Waals surface area contributed by atoms with Gasteiger partial charge in [-0.2, -0.15) is 5.10 Å². The molecule has 150 valence electrons. The second-order valence-electron chi connectivity index (χ2n) is 8.84. The van der Waals surface area contributed by atoms with Crippen molar-refractivity contribution in [3.05, 3.63) is 33.8 Å². The van der Waals surface area contributed by atoms with E-state index in [0.717, 1.165) is 37.0 Å². The van der Waals surface area contributed by atoms with Crippen LogP contribution in [-0.2, 0) is 4.79 Å². The van der Waals surface area contributed by atoms with Crippen molar-refractivity contribution in [2.45, 2.75) is 57.4 Å². The summed E-state index contributed by atoms with van der Waals surface area (Å²) >= 11 is 11.9. The van der Waals surface area contributed by atoms with Crippen molar-refractivity contribution in [1.82, 2.24) is 10.7 Å². The smallest absolute Gasteiger partial charge is 0.272 e.